The first-order valence-electron chi connectivity index (χ1n) is 9.40. The number of hydrogen-bond donors (Lipinski definition) is 3. The highest BCUT2D eigenvalue weighted by molar-refractivity contribution is 5.82. The van der Waals surface area contributed by atoms with Crippen LogP contribution in [0.1, 0.15) is 56.9 Å². The van der Waals surface area contributed by atoms with E-state index in [2.05, 4.69) is 22.8 Å². The maximum absolute atomic E-state index is 12.6. The summed E-state index contributed by atoms with van der Waals surface area (Å²) in [5.74, 6) is 0.951. The molecule has 5 atom stereocenters. The Morgan fingerprint density at radius 3 is 2.75 bits per heavy atom. The maximum atomic E-state index is 12.6. The number of benzene rings is 1. The van der Waals surface area contributed by atoms with Crippen molar-refractivity contribution in [2.75, 3.05) is 6.54 Å². The lowest BCUT2D eigenvalue weighted by atomic mass is 9.85. The predicted octanol–water partition coefficient (Wildman–Crippen LogP) is 2.58. The summed E-state index contributed by atoms with van der Waals surface area (Å²) in [6.07, 6.45) is 6.32. The van der Waals surface area contributed by atoms with E-state index in [9.17, 15) is 9.90 Å². The Morgan fingerprint density at radius 2 is 2.04 bits per heavy atom. The lowest BCUT2D eigenvalue weighted by molar-refractivity contribution is -0.123. The van der Waals surface area contributed by atoms with E-state index in [1.165, 1.54) is 31.2 Å². The van der Waals surface area contributed by atoms with Crippen molar-refractivity contribution in [1.29, 1.82) is 0 Å². The van der Waals surface area contributed by atoms with Gasteiger partial charge in [-0.2, -0.15) is 0 Å². The third kappa shape index (κ3) is 4.37. The van der Waals surface area contributed by atoms with Gasteiger partial charge in [0.2, 0.25) is 5.91 Å². The van der Waals surface area contributed by atoms with Gasteiger partial charge < -0.3 is 15.7 Å². The van der Waals surface area contributed by atoms with E-state index in [1.807, 2.05) is 18.2 Å². The molecule has 0 aromatic heterocycles. The molecule has 1 aliphatic carbocycles. The minimum absolute atomic E-state index is 0.0407. The van der Waals surface area contributed by atoms with Crippen LogP contribution in [0.2, 0.25) is 0 Å². The van der Waals surface area contributed by atoms with Crippen molar-refractivity contribution >= 4 is 5.91 Å². The Kier molecular flexibility index (Phi) is 5.90. The molecule has 1 aromatic carbocycles. The number of fused-ring (bicyclic) bond motifs is 1. The molecule has 2 fully saturated rings. The third-order valence-corrected chi connectivity index (χ3v) is 5.60. The second-order valence-corrected chi connectivity index (χ2v) is 7.54. The molecule has 1 saturated carbocycles. The molecule has 1 amide bonds. The number of carbonyl (C=O) groups excluding carboxylic acids is 1. The van der Waals surface area contributed by atoms with Gasteiger partial charge in [0.1, 0.15) is 0 Å². The molecule has 5 unspecified atom stereocenters. The summed E-state index contributed by atoms with van der Waals surface area (Å²) in [6, 6.07) is 10.7. The minimum atomic E-state index is -0.375. The van der Waals surface area contributed by atoms with Crippen LogP contribution in [0.15, 0.2) is 30.3 Å². The molecule has 1 aromatic rings. The Morgan fingerprint density at radius 1 is 1.29 bits per heavy atom. The highest BCUT2D eigenvalue weighted by Crippen LogP contribution is 2.33. The smallest absolute Gasteiger partial charge is 0.237 e. The summed E-state index contributed by atoms with van der Waals surface area (Å²) in [7, 11) is 0. The topological polar surface area (TPSA) is 61.4 Å². The zero-order valence-electron chi connectivity index (χ0n) is 14.6. The van der Waals surface area contributed by atoms with Gasteiger partial charge in [0, 0.05) is 18.5 Å². The summed E-state index contributed by atoms with van der Waals surface area (Å²) in [5, 5.41) is 16.4. The van der Waals surface area contributed by atoms with Crippen LogP contribution in [0.5, 0.6) is 0 Å². The zero-order valence-corrected chi connectivity index (χ0v) is 14.6. The SMILES string of the molecule is CC(O)CC(CNC(=O)C1CC2CCCCC2N1)c1ccccc1. The number of carbonyl (C=O) groups is 1. The molecular weight excluding hydrogens is 300 g/mol. The molecule has 3 rings (SSSR count). The van der Waals surface area contributed by atoms with Gasteiger partial charge in [0.15, 0.2) is 0 Å². The molecule has 24 heavy (non-hydrogen) atoms. The van der Waals surface area contributed by atoms with Crippen molar-refractivity contribution in [3.8, 4) is 0 Å². The first kappa shape index (κ1) is 17.4. The van der Waals surface area contributed by atoms with Gasteiger partial charge in [-0.3, -0.25) is 4.79 Å². The summed E-state index contributed by atoms with van der Waals surface area (Å²) < 4.78 is 0. The molecule has 132 valence electrons. The molecule has 2 aliphatic rings. The molecule has 0 spiro atoms. The number of hydrogen-bond acceptors (Lipinski definition) is 3. The number of rotatable bonds is 6. The van der Waals surface area contributed by atoms with Gasteiger partial charge in [-0.25, -0.2) is 0 Å². The van der Waals surface area contributed by atoms with Crippen molar-refractivity contribution in [2.24, 2.45) is 5.92 Å². The Labute approximate surface area is 145 Å². The van der Waals surface area contributed by atoms with Crippen LogP contribution in [0.25, 0.3) is 0 Å². The normalized spacial score (nSPS) is 28.8. The van der Waals surface area contributed by atoms with Gasteiger partial charge in [0.25, 0.3) is 0 Å². The fraction of sp³-hybridized carbons (Fsp3) is 0.650. The molecule has 0 bridgehead atoms. The van der Waals surface area contributed by atoms with E-state index in [0.717, 1.165) is 6.42 Å². The molecule has 4 heteroatoms. The summed E-state index contributed by atoms with van der Waals surface area (Å²) in [5.41, 5.74) is 1.17. The van der Waals surface area contributed by atoms with Gasteiger partial charge in [0.05, 0.1) is 12.1 Å². The minimum Gasteiger partial charge on any atom is -0.393 e. The summed E-state index contributed by atoms with van der Waals surface area (Å²) in [6.45, 7) is 2.39. The van der Waals surface area contributed by atoms with Crippen molar-refractivity contribution in [3.63, 3.8) is 0 Å². The zero-order chi connectivity index (χ0) is 16.9. The van der Waals surface area contributed by atoms with Crippen LogP contribution >= 0.6 is 0 Å². The summed E-state index contributed by atoms with van der Waals surface area (Å²) >= 11 is 0. The van der Waals surface area contributed by atoms with Crippen LogP contribution in [0.4, 0.5) is 0 Å². The van der Waals surface area contributed by atoms with E-state index in [4.69, 9.17) is 0 Å². The molecule has 1 saturated heterocycles. The lowest BCUT2D eigenvalue weighted by Gasteiger charge is -2.24. The lowest BCUT2D eigenvalue weighted by Crippen LogP contribution is -2.44. The molecule has 1 heterocycles. The quantitative estimate of drug-likeness (QED) is 0.751. The first-order chi connectivity index (χ1) is 11.6. The fourth-order valence-corrected chi connectivity index (χ4v) is 4.34. The number of aliphatic hydroxyl groups is 1. The van der Waals surface area contributed by atoms with Crippen LogP contribution in [-0.2, 0) is 4.79 Å². The molecular formula is C20H30N2O2. The van der Waals surface area contributed by atoms with E-state index < -0.39 is 0 Å². The fourth-order valence-electron chi connectivity index (χ4n) is 4.34. The van der Waals surface area contributed by atoms with Crippen molar-refractivity contribution in [1.82, 2.24) is 10.6 Å². The molecule has 0 radical (unpaired) electrons. The monoisotopic (exact) mass is 330 g/mol. The second kappa shape index (κ2) is 8.13. The van der Waals surface area contributed by atoms with Gasteiger partial charge in [-0.1, -0.05) is 43.2 Å². The third-order valence-electron chi connectivity index (χ3n) is 5.60. The van der Waals surface area contributed by atoms with Crippen molar-refractivity contribution in [2.45, 2.75) is 69.6 Å². The predicted molar refractivity (Wildman–Crippen MR) is 95.8 cm³/mol. The average molecular weight is 330 g/mol. The number of nitrogens with one attached hydrogen (secondary N) is 2. The van der Waals surface area contributed by atoms with Crippen LogP contribution in [0, 0.1) is 5.92 Å². The van der Waals surface area contributed by atoms with Crippen LogP contribution in [0.3, 0.4) is 0 Å². The highest BCUT2D eigenvalue weighted by Gasteiger charge is 2.38. The first-order valence-corrected chi connectivity index (χ1v) is 9.40. The highest BCUT2D eigenvalue weighted by atomic mass is 16.3. The van der Waals surface area contributed by atoms with Crippen molar-refractivity contribution in [3.05, 3.63) is 35.9 Å². The standard InChI is InChI=1S/C20H30N2O2/c1-14(23)11-17(15-7-3-2-4-8-15)13-21-20(24)19-12-16-9-5-6-10-18(16)22-19/h2-4,7-8,14,16-19,22-23H,5-6,9-13H2,1H3,(H,21,24). The Balaban J connectivity index is 1.55. The maximum Gasteiger partial charge on any atom is 0.237 e. The Hall–Kier alpha value is -1.39. The average Bonchev–Trinajstić information content (AvgIpc) is 3.03. The molecule has 1 aliphatic heterocycles. The van der Waals surface area contributed by atoms with E-state index in [-0.39, 0.29) is 24.0 Å². The van der Waals surface area contributed by atoms with Gasteiger partial charge in [-0.15, -0.1) is 0 Å². The van der Waals surface area contributed by atoms with Crippen LogP contribution in [-0.4, -0.2) is 35.7 Å². The molecule has 3 N–H and O–H groups in total. The van der Waals surface area contributed by atoms with E-state index in [0.29, 0.717) is 24.9 Å². The van der Waals surface area contributed by atoms with Gasteiger partial charge in [-0.05, 0) is 44.1 Å². The second-order valence-electron chi connectivity index (χ2n) is 7.54. The molecule has 4 nitrogen and oxygen atoms in total. The Bertz CT molecular complexity index is 518. The van der Waals surface area contributed by atoms with Crippen LogP contribution < -0.4 is 10.6 Å². The number of aliphatic hydroxyl groups excluding tert-OH is 1. The van der Waals surface area contributed by atoms with Crippen molar-refractivity contribution < 1.29 is 9.90 Å². The van der Waals surface area contributed by atoms with E-state index in [1.54, 1.807) is 6.92 Å². The van der Waals surface area contributed by atoms with E-state index >= 15 is 0 Å². The van der Waals surface area contributed by atoms with Gasteiger partial charge >= 0.3 is 0 Å². The summed E-state index contributed by atoms with van der Waals surface area (Å²) in [4.78, 5) is 12.6. The number of amides is 1. The largest absolute Gasteiger partial charge is 0.393 e.